The molecule has 0 aliphatic rings. The number of carbonyl (C=O) groups is 2. The van der Waals surface area contributed by atoms with Crippen LogP contribution in [0, 0.1) is 11.3 Å². The molecular weight excluding hydrogens is 521 g/mol. The van der Waals surface area contributed by atoms with Crippen molar-refractivity contribution < 1.29 is 28.0 Å². The number of nitrogens with zero attached hydrogens (tertiary/aromatic N) is 2. The number of rotatable bonds is 16. The van der Waals surface area contributed by atoms with Crippen LogP contribution in [0.3, 0.4) is 0 Å². The molecule has 0 aliphatic carbocycles. The largest absolute Gasteiger partial charge is 0.459 e. The number of hydrogen-bond acceptors (Lipinski definition) is 5. The maximum atomic E-state index is 13.2. The molecule has 8 heteroatoms. The van der Waals surface area contributed by atoms with E-state index < -0.39 is 17.0 Å². The van der Waals surface area contributed by atoms with Gasteiger partial charge in [0.15, 0.2) is 5.78 Å². The lowest BCUT2D eigenvalue weighted by Gasteiger charge is -2.35. The van der Waals surface area contributed by atoms with E-state index in [0.29, 0.717) is 23.6 Å². The van der Waals surface area contributed by atoms with Crippen LogP contribution >= 0.6 is 22.6 Å². The van der Waals surface area contributed by atoms with Crippen LogP contribution in [0.2, 0.25) is 0 Å². The first-order chi connectivity index (χ1) is 14.4. The molecule has 0 heterocycles. The Hall–Kier alpha value is -0.290. The van der Waals surface area contributed by atoms with E-state index >= 15 is 0 Å². The van der Waals surface area contributed by atoms with E-state index in [9.17, 15) is 9.59 Å². The Balaban J connectivity index is 4.82. The molecule has 0 spiro atoms. The number of alkyl halides is 1. The van der Waals surface area contributed by atoms with E-state index in [2.05, 4.69) is 64.6 Å². The average molecular weight is 572 g/mol. The van der Waals surface area contributed by atoms with Gasteiger partial charge in [0, 0.05) is 10.3 Å². The van der Waals surface area contributed by atoms with Crippen molar-refractivity contribution in [3.8, 4) is 0 Å². The van der Waals surface area contributed by atoms with Crippen molar-refractivity contribution in [1.82, 2.24) is 0 Å². The number of nitrogens with two attached hydrogens (primary N) is 1. The van der Waals surface area contributed by atoms with Crippen molar-refractivity contribution in [2.45, 2.75) is 59.6 Å². The minimum absolute atomic E-state index is 0.103. The van der Waals surface area contributed by atoms with Crippen molar-refractivity contribution >= 4 is 34.3 Å². The van der Waals surface area contributed by atoms with Crippen molar-refractivity contribution in [1.29, 1.82) is 0 Å². The summed E-state index contributed by atoms with van der Waals surface area (Å²) in [6, 6.07) is 0.103. The van der Waals surface area contributed by atoms with Crippen LogP contribution in [-0.2, 0) is 19.1 Å². The van der Waals surface area contributed by atoms with Gasteiger partial charge in [-0.05, 0) is 34.1 Å². The Morgan fingerprint density at radius 1 is 0.969 bits per heavy atom. The molecule has 2 unspecified atom stereocenters. The summed E-state index contributed by atoms with van der Waals surface area (Å²) in [4.78, 5) is 26.0. The SMILES string of the molecule is CCC(C)C[N+](C)(C)CCOC(C)(C)C(=O)C(C)(C)C(=O)OCC[N+](C)(C)CC(N)CI. The van der Waals surface area contributed by atoms with Gasteiger partial charge in [0.25, 0.3) is 0 Å². The molecule has 0 bridgehead atoms. The number of ketones is 1. The summed E-state index contributed by atoms with van der Waals surface area (Å²) in [7, 11) is 8.49. The van der Waals surface area contributed by atoms with Gasteiger partial charge in [0.1, 0.15) is 30.7 Å². The highest BCUT2D eigenvalue weighted by molar-refractivity contribution is 14.1. The summed E-state index contributed by atoms with van der Waals surface area (Å²) in [5, 5.41) is 0. The first-order valence-electron chi connectivity index (χ1n) is 11.7. The van der Waals surface area contributed by atoms with Crippen LogP contribution in [-0.4, -0.2) is 104 Å². The lowest BCUT2D eigenvalue weighted by atomic mass is 9.80. The van der Waals surface area contributed by atoms with Gasteiger partial charge in [-0.1, -0.05) is 36.4 Å². The first kappa shape index (κ1) is 31.7. The molecule has 0 aliphatic heterocycles. The van der Waals surface area contributed by atoms with Gasteiger partial charge in [0.05, 0.1) is 53.9 Å². The van der Waals surface area contributed by atoms with E-state index in [4.69, 9.17) is 15.2 Å². The second-order valence-electron chi connectivity index (χ2n) is 11.6. The Kier molecular flexibility index (Phi) is 12.9. The summed E-state index contributed by atoms with van der Waals surface area (Å²) in [6.07, 6.45) is 1.14. The lowest BCUT2D eigenvalue weighted by Crippen LogP contribution is -2.52. The van der Waals surface area contributed by atoms with Crippen molar-refractivity contribution in [3.63, 3.8) is 0 Å². The fourth-order valence-corrected chi connectivity index (χ4v) is 4.14. The average Bonchev–Trinajstić information content (AvgIpc) is 2.65. The third kappa shape index (κ3) is 11.2. The standard InChI is InChI=1S/C24H50IN3O4/c1-11-19(2)17-27(7,8)13-15-32-24(5,6)21(29)23(3,4)22(30)31-14-12-28(9,10)18-20(26)16-25/h19-20H,11-18,26H2,1-10H3/q+2. The smallest absolute Gasteiger partial charge is 0.319 e. The molecule has 0 fully saturated rings. The van der Waals surface area contributed by atoms with E-state index in [0.717, 1.165) is 35.0 Å². The maximum absolute atomic E-state index is 13.2. The number of ether oxygens (including phenoxy) is 2. The quantitative estimate of drug-likeness (QED) is 0.101. The Bertz CT molecular complexity index is 606. The molecule has 190 valence electrons. The van der Waals surface area contributed by atoms with Crippen LogP contribution < -0.4 is 5.73 Å². The number of quaternary nitrogens is 2. The molecular formula is C24H50IN3O4+2. The van der Waals surface area contributed by atoms with E-state index in [1.807, 2.05) is 0 Å². The zero-order valence-corrected chi connectivity index (χ0v) is 24.5. The molecule has 0 rings (SSSR count). The number of hydrogen-bond donors (Lipinski definition) is 1. The van der Waals surface area contributed by atoms with E-state index in [1.54, 1.807) is 27.7 Å². The summed E-state index contributed by atoms with van der Waals surface area (Å²) in [6.45, 7) is 15.2. The highest BCUT2D eigenvalue weighted by Gasteiger charge is 2.46. The maximum Gasteiger partial charge on any atom is 0.319 e. The number of carbonyl (C=O) groups excluding carboxylic acids is 2. The molecule has 0 aromatic heterocycles. The second kappa shape index (κ2) is 13.0. The summed E-state index contributed by atoms with van der Waals surface area (Å²) >= 11 is 2.28. The summed E-state index contributed by atoms with van der Waals surface area (Å²) in [5.41, 5.74) is 3.71. The molecule has 2 N–H and O–H groups in total. The third-order valence-electron chi connectivity index (χ3n) is 6.14. The topological polar surface area (TPSA) is 78.6 Å². The van der Waals surface area contributed by atoms with Gasteiger partial charge in [-0.15, -0.1) is 0 Å². The highest BCUT2D eigenvalue weighted by atomic mass is 127. The summed E-state index contributed by atoms with van der Waals surface area (Å²) < 4.78 is 13.9. The minimum atomic E-state index is -1.28. The monoisotopic (exact) mass is 571 g/mol. The number of halogens is 1. The molecule has 2 atom stereocenters. The van der Waals surface area contributed by atoms with Crippen molar-refractivity contribution in [3.05, 3.63) is 0 Å². The van der Waals surface area contributed by atoms with Gasteiger partial charge in [-0.25, -0.2) is 0 Å². The highest BCUT2D eigenvalue weighted by Crippen LogP contribution is 2.28. The number of likely N-dealkylation sites (N-methyl/N-ethyl adjacent to an activating group) is 2. The van der Waals surface area contributed by atoms with Gasteiger partial charge < -0.3 is 24.2 Å². The van der Waals surface area contributed by atoms with Crippen LogP contribution in [0.4, 0.5) is 0 Å². The summed E-state index contributed by atoms with van der Waals surface area (Å²) in [5.74, 6) is -0.137. The zero-order valence-electron chi connectivity index (χ0n) is 22.3. The van der Waals surface area contributed by atoms with Gasteiger partial charge in [0.2, 0.25) is 0 Å². The minimum Gasteiger partial charge on any atom is -0.459 e. The number of Topliss-reactive ketones (excluding diaryl/α,β-unsaturated/α-hetero) is 1. The van der Waals surface area contributed by atoms with Crippen LogP contribution in [0.5, 0.6) is 0 Å². The predicted octanol–water partition coefficient (Wildman–Crippen LogP) is 2.88. The van der Waals surface area contributed by atoms with Crippen LogP contribution in [0.15, 0.2) is 0 Å². The molecule has 7 nitrogen and oxygen atoms in total. The molecule has 0 saturated carbocycles. The Morgan fingerprint density at radius 3 is 1.97 bits per heavy atom. The molecule has 0 aromatic rings. The van der Waals surface area contributed by atoms with Crippen molar-refractivity contribution in [2.75, 3.05) is 72.0 Å². The van der Waals surface area contributed by atoms with Gasteiger partial charge in [-0.3, -0.25) is 9.59 Å². The lowest BCUT2D eigenvalue weighted by molar-refractivity contribution is -0.894. The van der Waals surface area contributed by atoms with Crippen LogP contribution in [0.1, 0.15) is 48.0 Å². The van der Waals surface area contributed by atoms with Gasteiger partial charge in [-0.2, -0.15) is 0 Å². The Morgan fingerprint density at radius 2 is 1.47 bits per heavy atom. The molecule has 0 saturated heterocycles. The van der Waals surface area contributed by atoms with Crippen molar-refractivity contribution in [2.24, 2.45) is 17.1 Å². The molecule has 0 amide bonds. The molecule has 0 radical (unpaired) electrons. The normalized spacial score (nSPS) is 15.4. The fourth-order valence-electron chi connectivity index (χ4n) is 3.86. The fraction of sp³-hybridized carbons (Fsp3) is 0.917. The number of esters is 1. The predicted molar refractivity (Wildman–Crippen MR) is 140 cm³/mol. The molecule has 0 aromatic carbocycles. The molecule has 32 heavy (non-hydrogen) atoms. The first-order valence-corrected chi connectivity index (χ1v) is 13.2. The van der Waals surface area contributed by atoms with Gasteiger partial charge >= 0.3 is 5.97 Å². The second-order valence-corrected chi connectivity index (χ2v) is 12.4. The van der Waals surface area contributed by atoms with E-state index in [-0.39, 0.29) is 18.4 Å². The zero-order chi connectivity index (χ0) is 25.4. The third-order valence-corrected chi connectivity index (χ3v) is 7.28. The van der Waals surface area contributed by atoms with Crippen LogP contribution in [0.25, 0.3) is 0 Å². The Labute approximate surface area is 210 Å². The van der Waals surface area contributed by atoms with E-state index in [1.165, 1.54) is 0 Å².